The second-order valence-electron chi connectivity index (χ2n) is 6.27. The molecular weight excluding hydrogens is 282 g/mol. The molecule has 1 N–H and O–H groups in total. The third-order valence-electron chi connectivity index (χ3n) is 4.68. The van der Waals surface area contributed by atoms with Crippen LogP contribution in [-0.4, -0.2) is 15.4 Å². The largest absolute Gasteiger partial charge is 0.308 e. The second-order valence-corrected chi connectivity index (χ2v) is 6.70. The summed E-state index contributed by atoms with van der Waals surface area (Å²) in [6, 6.07) is 4.41. The second kappa shape index (κ2) is 6.80. The average Bonchev–Trinajstić information content (AvgIpc) is 2.69. The first kappa shape index (κ1) is 14.9. The molecule has 1 fully saturated rings. The van der Waals surface area contributed by atoms with E-state index in [1.807, 2.05) is 22.7 Å². The van der Waals surface area contributed by atoms with Gasteiger partial charge in [-0.3, -0.25) is 0 Å². The summed E-state index contributed by atoms with van der Waals surface area (Å²) in [5.41, 5.74) is 2.04. The lowest BCUT2D eigenvalue weighted by Crippen LogP contribution is -2.33. The number of hydrogen-bond donors (Lipinski definition) is 1. The topological polar surface area (TPSA) is 29.3 Å². The Hall–Kier alpha value is -1.06. The Morgan fingerprint density at radius 1 is 1.24 bits per heavy atom. The SMILES string of the molecule is C[C@@H](NCc1cn2cc(Cl)ccc2n1)C1CCCCCC1. The zero-order chi connectivity index (χ0) is 14.7. The quantitative estimate of drug-likeness (QED) is 0.846. The lowest BCUT2D eigenvalue weighted by Gasteiger charge is -2.23. The van der Waals surface area contributed by atoms with Gasteiger partial charge in [0.25, 0.3) is 0 Å². The summed E-state index contributed by atoms with van der Waals surface area (Å²) in [6.07, 6.45) is 12.3. The summed E-state index contributed by atoms with van der Waals surface area (Å²) >= 11 is 6.01. The molecule has 1 atom stereocenters. The van der Waals surface area contributed by atoms with E-state index in [-0.39, 0.29) is 0 Å². The first-order valence-corrected chi connectivity index (χ1v) is 8.47. The van der Waals surface area contributed by atoms with Crippen LogP contribution in [0.15, 0.2) is 24.5 Å². The molecule has 0 amide bonds. The zero-order valence-electron chi connectivity index (χ0n) is 12.7. The highest BCUT2D eigenvalue weighted by Crippen LogP contribution is 2.25. The fourth-order valence-electron chi connectivity index (χ4n) is 3.35. The highest BCUT2D eigenvalue weighted by molar-refractivity contribution is 6.30. The third-order valence-corrected chi connectivity index (χ3v) is 4.90. The summed E-state index contributed by atoms with van der Waals surface area (Å²) in [7, 11) is 0. The van der Waals surface area contributed by atoms with E-state index in [1.165, 1.54) is 38.5 Å². The summed E-state index contributed by atoms with van der Waals surface area (Å²) in [5, 5.41) is 4.41. The Kier molecular flexibility index (Phi) is 4.81. The molecule has 0 spiro atoms. The van der Waals surface area contributed by atoms with E-state index >= 15 is 0 Å². The number of rotatable bonds is 4. The van der Waals surface area contributed by atoms with Crippen molar-refractivity contribution in [2.24, 2.45) is 5.92 Å². The van der Waals surface area contributed by atoms with Crippen LogP contribution in [0, 0.1) is 5.92 Å². The molecule has 114 valence electrons. The maximum absolute atomic E-state index is 6.01. The highest BCUT2D eigenvalue weighted by Gasteiger charge is 2.18. The zero-order valence-corrected chi connectivity index (χ0v) is 13.4. The van der Waals surface area contributed by atoms with Crippen LogP contribution in [0.25, 0.3) is 5.65 Å². The van der Waals surface area contributed by atoms with Gasteiger partial charge in [0.05, 0.1) is 10.7 Å². The van der Waals surface area contributed by atoms with E-state index in [9.17, 15) is 0 Å². The molecule has 1 aliphatic carbocycles. The van der Waals surface area contributed by atoms with Gasteiger partial charge in [-0.1, -0.05) is 37.3 Å². The van der Waals surface area contributed by atoms with Gasteiger partial charge in [0, 0.05) is 25.0 Å². The van der Waals surface area contributed by atoms with Crippen molar-refractivity contribution >= 4 is 17.2 Å². The summed E-state index contributed by atoms with van der Waals surface area (Å²) in [5.74, 6) is 0.818. The molecule has 0 unspecified atom stereocenters. The van der Waals surface area contributed by atoms with Crippen molar-refractivity contribution in [1.29, 1.82) is 0 Å². The maximum atomic E-state index is 6.01. The van der Waals surface area contributed by atoms with Gasteiger partial charge in [0.1, 0.15) is 5.65 Å². The number of imidazole rings is 1. The Morgan fingerprint density at radius 3 is 2.76 bits per heavy atom. The molecule has 1 aliphatic rings. The number of aromatic nitrogens is 2. The van der Waals surface area contributed by atoms with Crippen LogP contribution < -0.4 is 5.32 Å². The lowest BCUT2D eigenvalue weighted by molar-refractivity contribution is 0.336. The predicted octanol–water partition coefficient (Wildman–Crippen LogP) is 4.44. The van der Waals surface area contributed by atoms with Gasteiger partial charge in [0.15, 0.2) is 0 Å². The Balaban J connectivity index is 1.60. The van der Waals surface area contributed by atoms with Gasteiger partial charge < -0.3 is 9.72 Å². The smallest absolute Gasteiger partial charge is 0.137 e. The third kappa shape index (κ3) is 3.78. The minimum Gasteiger partial charge on any atom is -0.308 e. The molecule has 2 aromatic rings. The number of pyridine rings is 1. The molecule has 4 heteroatoms. The van der Waals surface area contributed by atoms with E-state index in [2.05, 4.69) is 23.4 Å². The van der Waals surface area contributed by atoms with Crippen LogP contribution in [0.5, 0.6) is 0 Å². The van der Waals surface area contributed by atoms with Gasteiger partial charge in [-0.25, -0.2) is 4.98 Å². The van der Waals surface area contributed by atoms with Gasteiger partial charge in [0.2, 0.25) is 0 Å². The predicted molar refractivity (Wildman–Crippen MR) is 87.7 cm³/mol. The number of fused-ring (bicyclic) bond motifs is 1. The molecule has 0 radical (unpaired) electrons. The first-order chi connectivity index (χ1) is 10.2. The van der Waals surface area contributed by atoms with E-state index in [1.54, 1.807) is 0 Å². The average molecular weight is 306 g/mol. The fourth-order valence-corrected chi connectivity index (χ4v) is 3.51. The van der Waals surface area contributed by atoms with Crippen molar-refractivity contribution in [2.75, 3.05) is 0 Å². The molecule has 0 aromatic carbocycles. The van der Waals surface area contributed by atoms with Crippen LogP contribution >= 0.6 is 11.6 Å². The Morgan fingerprint density at radius 2 is 2.00 bits per heavy atom. The molecule has 0 bridgehead atoms. The van der Waals surface area contributed by atoms with Crippen LogP contribution in [0.2, 0.25) is 5.02 Å². The summed E-state index contributed by atoms with van der Waals surface area (Å²) < 4.78 is 2.00. The number of nitrogens with zero attached hydrogens (tertiary/aromatic N) is 2. The molecule has 2 aromatic heterocycles. The molecule has 3 nitrogen and oxygen atoms in total. The maximum Gasteiger partial charge on any atom is 0.137 e. The molecule has 0 saturated heterocycles. The Labute approximate surface area is 131 Å². The van der Waals surface area contributed by atoms with E-state index < -0.39 is 0 Å². The monoisotopic (exact) mass is 305 g/mol. The van der Waals surface area contributed by atoms with Gasteiger partial charge in [-0.15, -0.1) is 0 Å². The lowest BCUT2D eigenvalue weighted by atomic mass is 9.93. The minimum atomic E-state index is 0.566. The van der Waals surface area contributed by atoms with Gasteiger partial charge in [-0.2, -0.15) is 0 Å². The number of nitrogens with one attached hydrogen (secondary N) is 1. The van der Waals surface area contributed by atoms with E-state index in [0.29, 0.717) is 6.04 Å². The summed E-state index contributed by atoms with van der Waals surface area (Å²) in [6.45, 7) is 3.15. The molecule has 2 heterocycles. The van der Waals surface area contributed by atoms with Crippen LogP contribution in [0.1, 0.15) is 51.1 Å². The van der Waals surface area contributed by atoms with Crippen LogP contribution in [-0.2, 0) is 6.54 Å². The first-order valence-electron chi connectivity index (χ1n) is 8.09. The van der Waals surface area contributed by atoms with Crippen molar-refractivity contribution < 1.29 is 0 Å². The summed E-state index contributed by atoms with van der Waals surface area (Å²) in [4.78, 5) is 4.63. The molecule has 3 rings (SSSR count). The van der Waals surface area contributed by atoms with Crippen LogP contribution in [0.4, 0.5) is 0 Å². The highest BCUT2D eigenvalue weighted by atomic mass is 35.5. The molecular formula is C17H24ClN3. The molecule has 0 aliphatic heterocycles. The van der Waals surface area contributed by atoms with Crippen molar-refractivity contribution in [3.05, 3.63) is 35.2 Å². The normalized spacial score (nSPS) is 18.8. The Bertz CT molecular complexity index is 585. The van der Waals surface area contributed by atoms with Crippen molar-refractivity contribution in [3.63, 3.8) is 0 Å². The van der Waals surface area contributed by atoms with Crippen LogP contribution in [0.3, 0.4) is 0 Å². The van der Waals surface area contributed by atoms with E-state index in [0.717, 1.165) is 28.8 Å². The van der Waals surface area contributed by atoms with Crippen molar-refractivity contribution in [2.45, 2.75) is 58.0 Å². The van der Waals surface area contributed by atoms with Gasteiger partial charge in [-0.05, 0) is 37.8 Å². The molecule has 21 heavy (non-hydrogen) atoms. The van der Waals surface area contributed by atoms with Crippen molar-refractivity contribution in [1.82, 2.24) is 14.7 Å². The van der Waals surface area contributed by atoms with E-state index in [4.69, 9.17) is 11.6 Å². The van der Waals surface area contributed by atoms with Gasteiger partial charge >= 0.3 is 0 Å². The minimum absolute atomic E-state index is 0.566. The fraction of sp³-hybridized carbons (Fsp3) is 0.588. The standard InChI is InChI=1S/C17H24ClN3/c1-13(14-6-4-2-3-5-7-14)19-10-16-12-21-11-15(18)8-9-17(21)20-16/h8-9,11-14,19H,2-7,10H2,1H3/t13-/m1/s1. The number of hydrogen-bond acceptors (Lipinski definition) is 2. The van der Waals surface area contributed by atoms with Crippen molar-refractivity contribution in [3.8, 4) is 0 Å². The molecule has 1 saturated carbocycles. The number of halogens is 1.